The first kappa shape index (κ1) is 17.7. The fraction of sp³-hybridized carbons (Fsp3) is 0.500. The van der Waals surface area contributed by atoms with E-state index < -0.39 is 6.10 Å². The third kappa shape index (κ3) is 3.83. The first-order chi connectivity index (χ1) is 10.7. The summed E-state index contributed by atoms with van der Waals surface area (Å²) in [6, 6.07) is 7.75. The molecule has 0 radical (unpaired) electrons. The molecule has 3 N–H and O–H groups in total. The molecule has 23 heavy (non-hydrogen) atoms. The maximum atomic E-state index is 12.0. The van der Waals surface area contributed by atoms with Crippen molar-refractivity contribution in [3.63, 3.8) is 0 Å². The van der Waals surface area contributed by atoms with Crippen molar-refractivity contribution in [1.29, 1.82) is 0 Å². The number of benzene rings is 1. The number of fused-ring (bicyclic) bond motifs is 1. The Hall–Kier alpha value is -1.63. The van der Waals surface area contributed by atoms with Crippen LogP contribution in [-0.4, -0.2) is 43.7 Å². The van der Waals surface area contributed by atoms with Gasteiger partial charge in [0.05, 0.1) is 12.5 Å². The maximum Gasteiger partial charge on any atom is 0.249 e. The zero-order valence-corrected chi connectivity index (χ0v) is 13.7. The average molecular weight is 340 g/mol. The van der Waals surface area contributed by atoms with Crippen LogP contribution in [0.3, 0.4) is 0 Å². The second-order valence-corrected chi connectivity index (χ2v) is 5.70. The van der Waals surface area contributed by atoms with E-state index in [0.717, 1.165) is 17.7 Å². The predicted octanol–water partition coefficient (Wildman–Crippen LogP) is 0.620. The number of halogens is 1. The summed E-state index contributed by atoms with van der Waals surface area (Å²) >= 11 is 0. The molecular weight excluding hydrogens is 318 g/mol. The second-order valence-electron chi connectivity index (χ2n) is 5.70. The lowest BCUT2D eigenvalue weighted by molar-refractivity contribution is -0.131. The van der Waals surface area contributed by atoms with E-state index in [1.54, 1.807) is 4.90 Å². The number of amides is 2. The van der Waals surface area contributed by atoms with Crippen molar-refractivity contribution in [1.82, 2.24) is 5.32 Å². The smallest absolute Gasteiger partial charge is 0.249 e. The van der Waals surface area contributed by atoms with Crippen LogP contribution in [0.2, 0.25) is 0 Å². The number of hydrogen-bond acceptors (Lipinski definition) is 4. The van der Waals surface area contributed by atoms with Crippen LogP contribution in [0.15, 0.2) is 24.3 Å². The summed E-state index contributed by atoms with van der Waals surface area (Å²) in [5, 5.41) is 2.85. The van der Waals surface area contributed by atoms with E-state index in [4.69, 9.17) is 10.5 Å². The number of anilines is 1. The van der Waals surface area contributed by atoms with Gasteiger partial charge in [0, 0.05) is 25.3 Å². The Labute approximate surface area is 141 Å². The minimum absolute atomic E-state index is 0. The molecule has 0 saturated carbocycles. The van der Waals surface area contributed by atoms with Crippen molar-refractivity contribution >= 4 is 29.9 Å². The van der Waals surface area contributed by atoms with Gasteiger partial charge in [0.15, 0.2) is 0 Å². The van der Waals surface area contributed by atoms with Gasteiger partial charge in [-0.05, 0) is 24.5 Å². The summed E-state index contributed by atoms with van der Waals surface area (Å²) in [6.45, 7) is 1.35. The van der Waals surface area contributed by atoms with Crippen LogP contribution < -0.4 is 16.0 Å². The topological polar surface area (TPSA) is 84.7 Å². The van der Waals surface area contributed by atoms with Crippen LogP contribution in [-0.2, 0) is 20.7 Å². The molecule has 2 atom stereocenters. The third-order valence-electron chi connectivity index (χ3n) is 4.22. The van der Waals surface area contributed by atoms with Gasteiger partial charge < -0.3 is 20.7 Å². The van der Waals surface area contributed by atoms with Crippen molar-refractivity contribution in [2.24, 2.45) is 5.73 Å². The number of hydrogen-bond donors (Lipinski definition) is 2. The van der Waals surface area contributed by atoms with Gasteiger partial charge >= 0.3 is 0 Å². The molecule has 6 nitrogen and oxygen atoms in total. The van der Waals surface area contributed by atoms with Crippen LogP contribution in [0.1, 0.15) is 18.4 Å². The number of nitrogens with two attached hydrogens (primary N) is 1. The van der Waals surface area contributed by atoms with Crippen molar-refractivity contribution in [3.8, 4) is 0 Å². The SMILES string of the molecule is Cl.NC[C@H]1CC[C@@H](C(=O)NCCN2C(=O)Cc3ccccc32)O1. The lowest BCUT2D eigenvalue weighted by Gasteiger charge is -2.18. The van der Waals surface area contributed by atoms with Crippen molar-refractivity contribution in [2.75, 3.05) is 24.5 Å². The fourth-order valence-corrected chi connectivity index (χ4v) is 3.04. The summed E-state index contributed by atoms with van der Waals surface area (Å²) < 4.78 is 5.55. The van der Waals surface area contributed by atoms with Crippen LogP contribution in [0.25, 0.3) is 0 Å². The van der Waals surface area contributed by atoms with Crippen LogP contribution >= 0.6 is 12.4 Å². The van der Waals surface area contributed by atoms with Gasteiger partial charge in [0.2, 0.25) is 11.8 Å². The molecule has 0 aliphatic carbocycles. The molecule has 1 saturated heterocycles. The molecule has 0 aromatic heterocycles. The molecule has 2 heterocycles. The molecule has 0 unspecified atom stereocenters. The Morgan fingerprint density at radius 2 is 2.13 bits per heavy atom. The summed E-state index contributed by atoms with van der Waals surface area (Å²) in [5.41, 5.74) is 7.53. The molecular formula is C16H22ClN3O3. The summed E-state index contributed by atoms with van der Waals surface area (Å²) in [5.74, 6) is -0.0355. The van der Waals surface area contributed by atoms with Gasteiger partial charge in [0.25, 0.3) is 0 Å². The number of para-hydroxylation sites is 1. The third-order valence-corrected chi connectivity index (χ3v) is 4.22. The number of carbonyl (C=O) groups is 2. The molecule has 0 bridgehead atoms. The highest BCUT2D eigenvalue weighted by Gasteiger charge is 2.30. The Morgan fingerprint density at radius 1 is 1.35 bits per heavy atom. The van der Waals surface area contributed by atoms with Gasteiger partial charge in [0.1, 0.15) is 6.10 Å². The van der Waals surface area contributed by atoms with E-state index in [1.165, 1.54) is 0 Å². The molecule has 2 amide bonds. The first-order valence-electron chi connectivity index (χ1n) is 7.70. The van der Waals surface area contributed by atoms with E-state index >= 15 is 0 Å². The quantitative estimate of drug-likeness (QED) is 0.823. The number of ether oxygens (including phenoxy) is 1. The average Bonchev–Trinajstić information content (AvgIpc) is 3.12. The standard InChI is InChI=1S/C16H21N3O3.ClH/c17-10-12-5-6-14(22-12)16(21)18-7-8-19-13-4-2-1-3-11(13)9-15(19)20;/h1-4,12,14H,5-10,17H2,(H,18,21);1H/t12-,14+;/m1./s1. The molecule has 1 aromatic carbocycles. The summed E-state index contributed by atoms with van der Waals surface area (Å²) in [7, 11) is 0. The van der Waals surface area contributed by atoms with E-state index in [9.17, 15) is 9.59 Å². The molecule has 2 aliphatic rings. The Balaban J connectivity index is 0.00000192. The highest BCUT2D eigenvalue weighted by molar-refractivity contribution is 6.01. The molecule has 0 spiro atoms. The predicted molar refractivity (Wildman–Crippen MR) is 89.7 cm³/mol. The van der Waals surface area contributed by atoms with Crippen molar-refractivity contribution in [2.45, 2.75) is 31.5 Å². The maximum absolute atomic E-state index is 12.0. The normalized spacial score (nSPS) is 22.7. The lowest BCUT2D eigenvalue weighted by Crippen LogP contribution is -2.41. The zero-order valence-electron chi connectivity index (χ0n) is 12.9. The van der Waals surface area contributed by atoms with Gasteiger partial charge in [-0.1, -0.05) is 18.2 Å². The van der Waals surface area contributed by atoms with Gasteiger partial charge in [-0.3, -0.25) is 9.59 Å². The first-order valence-corrected chi connectivity index (χ1v) is 7.70. The number of carbonyl (C=O) groups excluding carboxylic acids is 2. The zero-order chi connectivity index (χ0) is 15.5. The minimum Gasteiger partial charge on any atom is -0.364 e. The number of nitrogens with one attached hydrogen (secondary N) is 1. The summed E-state index contributed by atoms with van der Waals surface area (Å²) in [4.78, 5) is 25.8. The molecule has 2 aliphatic heterocycles. The van der Waals surface area contributed by atoms with Crippen LogP contribution in [0.4, 0.5) is 5.69 Å². The van der Waals surface area contributed by atoms with Crippen LogP contribution in [0.5, 0.6) is 0 Å². The molecule has 1 fully saturated rings. The Bertz CT molecular complexity index is 581. The highest BCUT2D eigenvalue weighted by Crippen LogP contribution is 2.27. The largest absolute Gasteiger partial charge is 0.364 e. The van der Waals surface area contributed by atoms with E-state index in [2.05, 4.69) is 5.32 Å². The van der Waals surface area contributed by atoms with E-state index in [-0.39, 0.29) is 30.3 Å². The summed E-state index contributed by atoms with van der Waals surface area (Å²) in [6.07, 6.45) is 1.55. The van der Waals surface area contributed by atoms with E-state index in [1.807, 2.05) is 24.3 Å². The van der Waals surface area contributed by atoms with Gasteiger partial charge in [-0.15, -0.1) is 12.4 Å². The highest BCUT2D eigenvalue weighted by atomic mass is 35.5. The number of nitrogens with zero attached hydrogens (tertiary/aromatic N) is 1. The second kappa shape index (κ2) is 7.77. The molecule has 3 rings (SSSR count). The fourth-order valence-electron chi connectivity index (χ4n) is 3.04. The Morgan fingerprint density at radius 3 is 2.87 bits per heavy atom. The number of rotatable bonds is 5. The van der Waals surface area contributed by atoms with Gasteiger partial charge in [-0.25, -0.2) is 0 Å². The minimum atomic E-state index is -0.407. The van der Waals surface area contributed by atoms with Crippen molar-refractivity contribution in [3.05, 3.63) is 29.8 Å². The monoisotopic (exact) mass is 339 g/mol. The Kier molecular flexibility index (Phi) is 5.98. The van der Waals surface area contributed by atoms with E-state index in [0.29, 0.717) is 32.5 Å². The molecule has 7 heteroatoms. The van der Waals surface area contributed by atoms with Crippen LogP contribution in [0, 0.1) is 0 Å². The van der Waals surface area contributed by atoms with Crippen molar-refractivity contribution < 1.29 is 14.3 Å². The molecule has 126 valence electrons. The lowest BCUT2D eigenvalue weighted by atomic mass is 10.2. The molecule has 1 aromatic rings. The van der Waals surface area contributed by atoms with Gasteiger partial charge in [-0.2, -0.15) is 0 Å².